The molecule has 3 N–H and O–H groups in total. The number of carbonyl (C=O) groups is 2. The van der Waals surface area contributed by atoms with E-state index in [-0.39, 0.29) is 17.5 Å². The van der Waals surface area contributed by atoms with E-state index in [1.807, 2.05) is 18.2 Å². The molecule has 3 atom stereocenters. The number of likely N-dealkylation sites (tertiary alicyclic amines) is 1. The van der Waals surface area contributed by atoms with Crippen LogP contribution in [0.2, 0.25) is 5.02 Å². The van der Waals surface area contributed by atoms with Crippen LogP contribution in [0.15, 0.2) is 42.5 Å². The lowest BCUT2D eigenvalue weighted by molar-refractivity contribution is -0.192. The van der Waals surface area contributed by atoms with Gasteiger partial charge in [0.25, 0.3) is 0 Å². The van der Waals surface area contributed by atoms with Gasteiger partial charge in [-0.15, -0.1) is 0 Å². The quantitative estimate of drug-likeness (QED) is 0.461. The second-order valence-corrected chi connectivity index (χ2v) is 9.79. The Hall–Kier alpha value is -3.18. The fourth-order valence-corrected chi connectivity index (χ4v) is 5.50. The maximum Gasteiger partial charge on any atom is 0.490 e. The van der Waals surface area contributed by atoms with Crippen LogP contribution in [0.5, 0.6) is 11.5 Å². The number of carboxylic acid groups (broad SMARTS) is 1. The molecule has 2 aromatic rings. The van der Waals surface area contributed by atoms with Crippen molar-refractivity contribution in [3.05, 3.63) is 53.1 Å². The highest BCUT2D eigenvalue weighted by Gasteiger charge is 2.50. The summed E-state index contributed by atoms with van der Waals surface area (Å²) in [6, 6.07) is 13.8. The minimum Gasteiger partial charge on any atom is -0.493 e. The Balaban J connectivity index is 0.000000505. The topological polar surface area (TPSA) is 100 Å². The number of nitrogens with zero attached hydrogens (tertiary/aromatic N) is 1. The smallest absolute Gasteiger partial charge is 0.490 e. The Morgan fingerprint density at radius 2 is 1.79 bits per heavy atom. The van der Waals surface area contributed by atoms with Crippen molar-refractivity contribution in [3.8, 4) is 11.5 Å². The van der Waals surface area contributed by atoms with Crippen LogP contribution in [0.1, 0.15) is 31.2 Å². The highest BCUT2D eigenvalue weighted by atomic mass is 35.5. The standard InChI is InChI=1S/C24H30ClN3O3.C2HF3O2/c1-28-12-11-24(16-7-8-20(30-2)21(13-16)31-3)10-9-19(15-22(24)28)27-23(29)26-18-6-4-5-17(25)14-18;3-2(4,5)1(6)7/h4-8,13-14,19,22H,9-12,15H2,1-3H3,(H2,26,27,29);(H,6,7)/t19-,22+,24+;/m1./s1. The third kappa shape index (κ3) is 6.82. The molecule has 0 spiro atoms. The summed E-state index contributed by atoms with van der Waals surface area (Å²) in [7, 11) is 5.52. The lowest BCUT2D eigenvalue weighted by Gasteiger charge is -2.45. The molecule has 0 aromatic heterocycles. The number of aliphatic carboxylic acids is 1. The van der Waals surface area contributed by atoms with Gasteiger partial charge >= 0.3 is 18.2 Å². The van der Waals surface area contributed by atoms with Gasteiger partial charge in [0.1, 0.15) is 0 Å². The first-order valence-corrected chi connectivity index (χ1v) is 12.3. The van der Waals surface area contributed by atoms with Crippen LogP contribution in [-0.2, 0) is 10.2 Å². The molecule has 1 aliphatic heterocycles. The number of hydrogen-bond donors (Lipinski definition) is 3. The summed E-state index contributed by atoms with van der Waals surface area (Å²) in [6.07, 6.45) is -1.12. The van der Waals surface area contributed by atoms with Crippen LogP contribution in [0, 0.1) is 0 Å². The normalized spacial score (nSPS) is 22.9. The average molecular weight is 558 g/mol. The molecule has 2 aromatic carbocycles. The van der Waals surface area contributed by atoms with Crippen LogP contribution in [0.25, 0.3) is 0 Å². The Morgan fingerprint density at radius 3 is 2.39 bits per heavy atom. The lowest BCUT2D eigenvalue weighted by atomic mass is 9.65. The monoisotopic (exact) mass is 557 g/mol. The average Bonchev–Trinajstić information content (AvgIpc) is 3.20. The number of hydrogen-bond acceptors (Lipinski definition) is 5. The summed E-state index contributed by atoms with van der Waals surface area (Å²) < 4.78 is 42.7. The first-order chi connectivity index (χ1) is 17.9. The lowest BCUT2D eigenvalue weighted by Crippen LogP contribution is -2.52. The van der Waals surface area contributed by atoms with Crippen molar-refractivity contribution in [2.75, 3.05) is 33.1 Å². The van der Waals surface area contributed by atoms with Crippen molar-refractivity contribution in [2.24, 2.45) is 0 Å². The van der Waals surface area contributed by atoms with Gasteiger partial charge in [0, 0.05) is 28.2 Å². The van der Waals surface area contributed by atoms with Gasteiger partial charge in [-0.3, -0.25) is 0 Å². The van der Waals surface area contributed by atoms with E-state index in [1.165, 1.54) is 5.56 Å². The summed E-state index contributed by atoms with van der Waals surface area (Å²) in [5, 5.41) is 13.8. The molecule has 1 saturated heterocycles. The Morgan fingerprint density at radius 1 is 1.11 bits per heavy atom. The van der Waals surface area contributed by atoms with Crippen LogP contribution in [-0.4, -0.2) is 68.1 Å². The van der Waals surface area contributed by atoms with Gasteiger partial charge in [-0.1, -0.05) is 23.7 Å². The number of carboxylic acids is 1. The van der Waals surface area contributed by atoms with E-state index < -0.39 is 12.1 Å². The van der Waals surface area contributed by atoms with E-state index in [2.05, 4.69) is 34.7 Å². The number of likely N-dealkylation sites (N-methyl/N-ethyl adjacent to an activating group) is 1. The number of alkyl halides is 3. The molecule has 0 radical (unpaired) electrons. The number of halogens is 4. The summed E-state index contributed by atoms with van der Waals surface area (Å²) in [6.45, 7) is 1.04. The Kier molecular flexibility index (Phi) is 9.37. The van der Waals surface area contributed by atoms with Gasteiger partial charge in [-0.2, -0.15) is 13.2 Å². The number of carbonyl (C=O) groups excluding carboxylic acids is 1. The van der Waals surface area contributed by atoms with Crippen molar-refractivity contribution in [2.45, 2.75) is 49.4 Å². The molecule has 2 aliphatic rings. The Bertz CT molecular complexity index is 1150. The molecule has 0 bridgehead atoms. The van der Waals surface area contributed by atoms with Crippen molar-refractivity contribution in [1.29, 1.82) is 0 Å². The number of rotatable bonds is 5. The van der Waals surface area contributed by atoms with Crippen molar-refractivity contribution in [1.82, 2.24) is 10.2 Å². The van der Waals surface area contributed by atoms with E-state index in [1.54, 1.807) is 26.4 Å². The van der Waals surface area contributed by atoms with Crippen LogP contribution < -0.4 is 20.1 Å². The predicted molar refractivity (Wildman–Crippen MR) is 137 cm³/mol. The molecule has 1 saturated carbocycles. The molecule has 12 heteroatoms. The minimum absolute atomic E-state index is 0.0654. The van der Waals surface area contributed by atoms with E-state index in [0.29, 0.717) is 16.8 Å². The zero-order valence-corrected chi connectivity index (χ0v) is 22.0. The maximum absolute atomic E-state index is 12.6. The number of ether oxygens (including phenoxy) is 2. The molecular formula is C26H31ClF3N3O5. The number of methoxy groups -OCH3 is 2. The van der Waals surface area contributed by atoms with Crippen LogP contribution in [0.3, 0.4) is 0 Å². The maximum atomic E-state index is 12.6. The SMILES string of the molecule is COc1ccc([C@@]23CC[C@@H](NC(=O)Nc4cccc(Cl)c4)C[C@@H]2N(C)CC3)cc1OC.O=C(O)C(F)(F)F. The number of fused-ring (bicyclic) bond motifs is 1. The molecule has 38 heavy (non-hydrogen) atoms. The van der Waals surface area contributed by atoms with Gasteiger partial charge in [0.15, 0.2) is 11.5 Å². The summed E-state index contributed by atoms with van der Waals surface area (Å²) in [5.41, 5.74) is 2.05. The fourth-order valence-electron chi connectivity index (χ4n) is 5.31. The minimum atomic E-state index is -5.08. The first-order valence-electron chi connectivity index (χ1n) is 12.0. The molecular weight excluding hydrogens is 527 g/mol. The van der Waals surface area contributed by atoms with Gasteiger partial charge in [-0.05, 0) is 75.2 Å². The number of benzene rings is 2. The summed E-state index contributed by atoms with van der Waals surface area (Å²) in [5.74, 6) is -1.24. The zero-order chi connectivity index (χ0) is 28.1. The fraction of sp³-hybridized carbons (Fsp3) is 0.462. The van der Waals surface area contributed by atoms with Gasteiger partial charge < -0.3 is 30.1 Å². The number of anilines is 1. The first kappa shape index (κ1) is 29.4. The van der Waals surface area contributed by atoms with E-state index in [4.69, 9.17) is 31.0 Å². The third-order valence-electron chi connectivity index (χ3n) is 7.15. The Labute approximate surface area is 224 Å². The molecule has 2 amide bonds. The molecule has 4 rings (SSSR count). The second-order valence-electron chi connectivity index (χ2n) is 9.36. The summed E-state index contributed by atoms with van der Waals surface area (Å²) in [4.78, 5) is 23.9. The van der Waals surface area contributed by atoms with E-state index >= 15 is 0 Å². The number of amides is 2. The molecule has 208 valence electrons. The molecule has 2 fully saturated rings. The van der Waals surface area contributed by atoms with Crippen molar-refractivity contribution in [3.63, 3.8) is 0 Å². The zero-order valence-electron chi connectivity index (χ0n) is 21.3. The van der Waals surface area contributed by atoms with Gasteiger partial charge in [-0.25, -0.2) is 9.59 Å². The van der Waals surface area contributed by atoms with E-state index in [0.717, 1.165) is 43.7 Å². The van der Waals surface area contributed by atoms with Crippen molar-refractivity contribution >= 4 is 29.3 Å². The number of nitrogens with one attached hydrogen (secondary N) is 2. The third-order valence-corrected chi connectivity index (χ3v) is 7.38. The largest absolute Gasteiger partial charge is 0.493 e. The molecule has 0 unspecified atom stereocenters. The van der Waals surface area contributed by atoms with Crippen molar-refractivity contribution < 1.29 is 37.3 Å². The summed E-state index contributed by atoms with van der Waals surface area (Å²) >= 11 is 6.02. The predicted octanol–water partition coefficient (Wildman–Crippen LogP) is 5.31. The second kappa shape index (κ2) is 12.1. The van der Waals surface area contributed by atoms with Gasteiger partial charge in [0.2, 0.25) is 0 Å². The molecule has 1 heterocycles. The van der Waals surface area contributed by atoms with E-state index in [9.17, 15) is 18.0 Å². The highest BCUT2D eigenvalue weighted by Crippen LogP contribution is 2.49. The highest BCUT2D eigenvalue weighted by molar-refractivity contribution is 6.30. The number of urea groups is 1. The van der Waals surface area contributed by atoms with Crippen LogP contribution >= 0.6 is 11.6 Å². The van der Waals surface area contributed by atoms with Crippen LogP contribution in [0.4, 0.5) is 23.7 Å². The van der Waals surface area contributed by atoms with Gasteiger partial charge in [0.05, 0.1) is 14.2 Å². The molecule has 8 nitrogen and oxygen atoms in total. The molecule has 1 aliphatic carbocycles.